The van der Waals surface area contributed by atoms with E-state index < -0.39 is 0 Å². The van der Waals surface area contributed by atoms with Crippen molar-refractivity contribution in [2.24, 2.45) is 0 Å². The molecule has 5 nitrogen and oxygen atoms in total. The lowest BCUT2D eigenvalue weighted by Gasteiger charge is -2.12. The number of rotatable bonds is 6. The quantitative estimate of drug-likeness (QED) is 0.734. The summed E-state index contributed by atoms with van der Waals surface area (Å²) in [5, 5.41) is 11.4. The first kappa shape index (κ1) is 17.2. The Morgan fingerprint density at radius 3 is 2.64 bits per heavy atom. The number of halogens is 1. The minimum atomic E-state index is -0.237. The van der Waals surface area contributed by atoms with Crippen LogP contribution in [0.5, 0.6) is 0 Å². The van der Waals surface area contributed by atoms with Crippen LogP contribution in [-0.2, 0) is 6.42 Å². The molecule has 3 aromatic rings. The molecule has 0 bridgehead atoms. The van der Waals surface area contributed by atoms with Gasteiger partial charge in [-0.2, -0.15) is 0 Å². The van der Waals surface area contributed by atoms with E-state index in [-0.39, 0.29) is 17.6 Å². The number of hydrogen-bond donors (Lipinski definition) is 1. The van der Waals surface area contributed by atoms with Crippen molar-refractivity contribution in [1.29, 1.82) is 0 Å². The Labute approximate surface area is 151 Å². The number of amides is 1. The van der Waals surface area contributed by atoms with Gasteiger partial charge in [-0.3, -0.25) is 4.79 Å². The molecule has 6 heteroatoms. The molecule has 0 aliphatic rings. The maximum absolute atomic E-state index is 12.3. The molecule has 1 aromatic heterocycles. The summed E-state index contributed by atoms with van der Waals surface area (Å²) < 4.78 is 1.51. The Morgan fingerprint density at radius 2 is 1.88 bits per heavy atom. The Hall–Kier alpha value is -2.66. The third-order valence-corrected chi connectivity index (χ3v) is 4.23. The van der Waals surface area contributed by atoms with E-state index in [2.05, 4.69) is 27.8 Å². The van der Waals surface area contributed by atoms with E-state index in [1.807, 2.05) is 43.3 Å². The molecular weight excluding hydrogens is 336 g/mol. The zero-order valence-corrected chi connectivity index (χ0v) is 14.6. The largest absolute Gasteiger partial charge is 0.348 e. The molecule has 0 fully saturated rings. The molecule has 128 valence electrons. The summed E-state index contributed by atoms with van der Waals surface area (Å²) in [4.78, 5) is 12.3. The first-order valence-electron chi connectivity index (χ1n) is 8.15. The molecule has 1 heterocycles. The standard InChI is InChI=1S/C19H19ClN4O/c1-14(11-12-15-7-3-2-4-8-15)21-19(25)17-13-24(23-22-17)18-10-6-5-9-16(18)20/h2-10,13-14H,11-12H2,1H3,(H,21,25)/t14-/m0/s1. The van der Waals surface area contributed by atoms with Gasteiger partial charge in [-0.25, -0.2) is 4.68 Å². The summed E-state index contributed by atoms with van der Waals surface area (Å²) in [6, 6.07) is 17.5. The molecule has 0 unspecified atom stereocenters. The Kier molecular flexibility index (Phi) is 5.46. The molecule has 3 rings (SSSR count). The molecule has 0 aliphatic carbocycles. The van der Waals surface area contributed by atoms with Crippen molar-refractivity contribution >= 4 is 17.5 Å². The summed E-state index contributed by atoms with van der Waals surface area (Å²) in [6.07, 6.45) is 3.35. The van der Waals surface area contributed by atoms with Gasteiger partial charge in [0.05, 0.1) is 16.9 Å². The highest BCUT2D eigenvalue weighted by Crippen LogP contribution is 2.18. The predicted octanol–water partition coefficient (Wildman–Crippen LogP) is 3.67. The van der Waals surface area contributed by atoms with Crippen molar-refractivity contribution in [3.63, 3.8) is 0 Å². The average molecular weight is 355 g/mol. The fourth-order valence-corrected chi connectivity index (χ4v) is 2.74. The van der Waals surface area contributed by atoms with Crippen LogP contribution in [0.2, 0.25) is 5.02 Å². The molecule has 1 amide bonds. The van der Waals surface area contributed by atoms with Crippen LogP contribution >= 0.6 is 11.6 Å². The van der Waals surface area contributed by atoms with Crippen molar-refractivity contribution in [3.05, 3.63) is 77.1 Å². The molecule has 2 aromatic carbocycles. The minimum Gasteiger partial charge on any atom is -0.348 e. The van der Waals surface area contributed by atoms with Gasteiger partial charge in [-0.1, -0.05) is 59.3 Å². The van der Waals surface area contributed by atoms with Crippen molar-refractivity contribution in [2.45, 2.75) is 25.8 Å². The van der Waals surface area contributed by atoms with Crippen molar-refractivity contribution in [1.82, 2.24) is 20.3 Å². The monoisotopic (exact) mass is 354 g/mol. The lowest BCUT2D eigenvalue weighted by Crippen LogP contribution is -2.33. The van der Waals surface area contributed by atoms with Crippen molar-refractivity contribution in [3.8, 4) is 5.69 Å². The summed E-state index contributed by atoms with van der Waals surface area (Å²) in [7, 11) is 0. The van der Waals surface area contributed by atoms with E-state index in [0.29, 0.717) is 10.7 Å². The first-order valence-corrected chi connectivity index (χ1v) is 8.53. The number of para-hydroxylation sites is 1. The molecule has 25 heavy (non-hydrogen) atoms. The topological polar surface area (TPSA) is 59.8 Å². The number of nitrogens with one attached hydrogen (secondary N) is 1. The highest BCUT2D eigenvalue weighted by Gasteiger charge is 2.15. The van der Waals surface area contributed by atoms with Crippen LogP contribution in [0.25, 0.3) is 5.69 Å². The zero-order chi connectivity index (χ0) is 17.6. The lowest BCUT2D eigenvalue weighted by molar-refractivity contribution is 0.0933. The number of benzene rings is 2. The van der Waals surface area contributed by atoms with Crippen LogP contribution in [-0.4, -0.2) is 26.9 Å². The SMILES string of the molecule is C[C@@H](CCc1ccccc1)NC(=O)c1cn(-c2ccccc2Cl)nn1. The predicted molar refractivity (Wildman–Crippen MR) is 98.1 cm³/mol. The third-order valence-electron chi connectivity index (χ3n) is 3.91. The number of aromatic nitrogens is 3. The van der Waals surface area contributed by atoms with Gasteiger partial charge >= 0.3 is 0 Å². The fourth-order valence-electron chi connectivity index (χ4n) is 2.52. The van der Waals surface area contributed by atoms with Gasteiger partial charge < -0.3 is 5.32 Å². The maximum Gasteiger partial charge on any atom is 0.273 e. The molecule has 0 aliphatic heterocycles. The van der Waals surface area contributed by atoms with Crippen LogP contribution in [0, 0.1) is 0 Å². The summed E-state index contributed by atoms with van der Waals surface area (Å²) in [5.74, 6) is -0.237. The Balaban J connectivity index is 1.59. The summed E-state index contributed by atoms with van der Waals surface area (Å²) >= 11 is 6.14. The van der Waals surface area contributed by atoms with E-state index in [1.54, 1.807) is 12.3 Å². The number of aryl methyl sites for hydroxylation is 1. The van der Waals surface area contributed by atoms with Crippen LogP contribution < -0.4 is 5.32 Å². The van der Waals surface area contributed by atoms with Gasteiger partial charge in [0.2, 0.25) is 0 Å². The van der Waals surface area contributed by atoms with Crippen LogP contribution in [0.4, 0.5) is 0 Å². The number of nitrogens with zero attached hydrogens (tertiary/aromatic N) is 3. The number of hydrogen-bond acceptors (Lipinski definition) is 3. The van der Waals surface area contributed by atoms with E-state index in [4.69, 9.17) is 11.6 Å². The second kappa shape index (κ2) is 7.94. The lowest BCUT2D eigenvalue weighted by atomic mass is 10.1. The number of carbonyl (C=O) groups is 1. The average Bonchev–Trinajstić information content (AvgIpc) is 3.11. The van der Waals surface area contributed by atoms with Crippen LogP contribution in [0.3, 0.4) is 0 Å². The van der Waals surface area contributed by atoms with E-state index >= 15 is 0 Å². The Bertz CT molecular complexity index is 847. The Morgan fingerprint density at radius 1 is 1.16 bits per heavy atom. The van der Waals surface area contributed by atoms with E-state index in [0.717, 1.165) is 12.8 Å². The van der Waals surface area contributed by atoms with Gasteiger partial charge in [0.25, 0.3) is 5.91 Å². The third kappa shape index (κ3) is 4.45. The highest BCUT2D eigenvalue weighted by molar-refractivity contribution is 6.32. The van der Waals surface area contributed by atoms with Crippen LogP contribution in [0.15, 0.2) is 60.8 Å². The molecule has 0 saturated heterocycles. The molecule has 1 N–H and O–H groups in total. The van der Waals surface area contributed by atoms with Gasteiger partial charge in [0, 0.05) is 6.04 Å². The van der Waals surface area contributed by atoms with Crippen molar-refractivity contribution < 1.29 is 4.79 Å². The summed E-state index contributed by atoms with van der Waals surface area (Å²) in [5.41, 5.74) is 2.22. The van der Waals surface area contributed by atoms with Crippen molar-refractivity contribution in [2.75, 3.05) is 0 Å². The normalized spacial score (nSPS) is 11.9. The van der Waals surface area contributed by atoms with E-state index in [1.165, 1.54) is 10.2 Å². The molecule has 0 saturated carbocycles. The second-order valence-electron chi connectivity index (χ2n) is 5.90. The first-order chi connectivity index (χ1) is 12.1. The molecule has 0 spiro atoms. The maximum atomic E-state index is 12.3. The van der Waals surface area contributed by atoms with E-state index in [9.17, 15) is 4.79 Å². The van der Waals surface area contributed by atoms with Crippen LogP contribution in [0.1, 0.15) is 29.4 Å². The van der Waals surface area contributed by atoms with Gasteiger partial charge in [0.1, 0.15) is 0 Å². The second-order valence-corrected chi connectivity index (χ2v) is 6.31. The minimum absolute atomic E-state index is 0.0400. The molecule has 0 radical (unpaired) electrons. The smallest absolute Gasteiger partial charge is 0.273 e. The molecular formula is C19H19ClN4O. The fraction of sp³-hybridized carbons (Fsp3) is 0.211. The van der Waals surface area contributed by atoms with Gasteiger partial charge in [-0.15, -0.1) is 5.10 Å². The van der Waals surface area contributed by atoms with Gasteiger partial charge in [0.15, 0.2) is 5.69 Å². The summed E-state index contributed by atoms with van der Waals surface area (Å²) in [6.45, 7) is 1.99. The number of carbonyl (C=O) groups excluding carboxylic acids is 1. The van der Waals surface area contributed by atoms with Gasteiger partial charge in [-0.05, 0) is 37.5 Å². The zero-order valence-electron chi connectivity index (χ0n) is 13.9. The molecule has 1 atom stereocenters. The highest BCUT2D eigenvalue weighted by atomic mass is 35.5.